The molecule has 0 saturated heterocycles. The Morgan fingerprint density at radius 3 is 2.50 bits per heavy atom. The van der Waals surface area contributed by atoms with Gasteiger partial charge in [-0.25, -0.2) is 9.97 Å². The van der Waals surface area contributed by atoms with E-state index in [2.05, 4.69) is 25.9 Å². The molecule has 0 fully saturated rings. The van der Waals surface area contributed by atoms with Crippen LogP contribution in [0.15, 0.2) is 22.8 Å². The summed E-state index contributed by atoms with van der Waals surface area (Å²) in [5, 5.41) is 0.282. The molecule has 0 radical (unpaired) electrons. The van der Waals surface area contributed by atoms with Gasteiger partial charge in [0.2, 0.25) is 5.95 Å². The van der Waals surface area contributed by atoms with Gasteiger partial charge in [-0.05, 0) is 22.0 Å². The maximum atomic E-state index is 12.7. The summed E-state index contributed by atoms with van der Waals surface area (Å²) >= 11 is 3.05. The number of rotatable bonds is 0. The number of para-hydroxylation sites is 1. The van der Waals surface area contributed by atoms with Crippen molar-refractivity contribution in [3.63, 3.8) is 0 Å². The molecule has 2 aromatic rings. The van der Waals surface area contributed by atoms with Crippen LogP contribution in [0.2, 0.25) is 0 Å². The maximum absolute atomic E-state index is 12.7. The zero-order valence-corrected chi connectivity index (χ0v) is 9.30. The third-order valence-corrected chi connectivity index (χ3v) is 2.61. The fourth-order valence-electron chi connectivity index (χ4n) is 1.36. The Kier molecular flexibility index (Phi) is 2.49. The second-order valence-corrected chi connectivity index (χ2v) is 3.82. The minimum Gasteiger partial charge on any atom is -0.368 e. The van der Waals surface area contributed by atoms with Gasteiger partial charge in [-0.3, -0.25) is 0 Å². The quantitative estimate of drug-likeness (QED) is 0.759. The fourth-order valence-corrected chi connectivity index (χ4v) is 1.86. The van der Waals surface area contributed by atoms with Crippen molar-refractivity contribution in [2.24, 2.45) is 0 Å². The molecule has 7 heteroatoms. The van der Waals surface area contributed by atoms with Gasteiger partial charge in [0.25, 0.3) is 0 Å². The average Bonchev–Trinajstić information content (AvgIpc) is 2.15. The minimum atomic E-state index is -4.46. The van der Waals surface area contributed by atoms with E-state index in [-0.39, 0.29) is 21.5 Å². The second-order valence-electron chi connectivity index (χ2n) is 3.07. The third kappa shape index (κ3) is 1.82. The van der Waals surface area contributed by atoms with Crippen molar-refractivity contribution in [2.75, 3.05) is 5.73 Å². The van der Waals surface area contributed by atoms with E-state index >= 15 is 0 Å². The molecule has 2 rings (SSSR count). The number of halogens is 4. The lowest BCUT2D eigenvalue weighted by molar-refractivity contribution is -0.136. The number of aromatic nitrogens is 2. The first-order valence-electron chi connectivity index (χ1n) is 4.18. The lowest BCUT2D eigenvalue weighted by atomic mass is 10.1. The molecule has 0 saturated carbocycles. The fraction of sp³-hybridized carbons (Fsp3) is 0.111. The Morgan fingerprint density at radius 1 is 1.19 bits per heavy atom. The molecule has 16 heavy (non-hydrogen) atoms. The van der Waals surface area contributed by atoms with E-state index in [1.807, 2.05) is 0 Å². The van der Waals surface area contributed by atoms with Crippen molar-refractivity contribution < 1.29 is 13.2 Å². The van der Waals surface area contributed by atoms with Gasteiger partial charge in [-0.1, -0.05) is 12.1 Å². The molecule has 0 aliphatic carbocycles. The number of hydrogen-bond acceptors (Lipinski definition) is 3. The van der Waals surface area contributed by atoms with Crippen LogP contribution in [-0.2, 0) is 6.18 Å². The molecule has 1 aromatic carbocycles. The summed E-state index contributed by atoms with van der Waals surface area (Å²) in [6, 6.07) is 3.75. The van der Waals surface area contributed by atoms with Crippen LogP contribution in [0.3, 0.4) is 0 Å². The molecule has 1 aromatic heterocycles. The minimum absolute atomic E-state index is 0.198. The van der Waals surface area contributed by atoms with Crippen LogP contribution in [0, 0.1) is 0 Å². The van der Waals surface area contributed by atoms with Crippen LogP contribution in [0.1, 0.15) is 5.56 Å². The van der Waals surface area contributed by atoms with Crippen LogP contribution in [0.4, 0.5) is 19.1 Å². The number of fused-ring (bicyclic) bond motifs is 1. The number of nitrogen functional groups attached to an aromatic ring is 1. The summed E-state index contributed by atoms with van der Waals surface area (Å²) in [6.45, 7) is 0. The first-order valence-corrected chi connectivity index (χ1v) is 4.98. The number of anilines is 1. The number of benzene rings is 1. The predicted molar refractivity (Wildman–Crippen MR) is 56.7 cm³/mol. The Balaban J connectivity index is 2.87. The van der Waals surface area contributed by atoms with Crippen LogP contribution in [-0.4, -0.2) is 9.97 Å². The Labute approximate surface area is 96.6 Å². The number of nitrogens with two attached hydrogens (primary N) is 1. The highest BCUT2D eigenvalue weighted by Gasteiger charge is 2.33. The molecular formula is C9H5BrF3N3. The van der Waals surface area contributed by atoms with Crippen molar-refractivity contribution in [1.82, 2.24) is 9.97 Å². The molecule has 0 aliphatic rings. The third-order valence-electron chi connectivity index (χ3n) is 2.00. The van der Waals surface area contributed by atoms with Gasteiger partial charge in [0, 0.05) is 5.39 Å². The number of hydrogen-bond donors (Lipinski definition) is 1. The smallest absolute Gasteiger partial charge is 0.368 e. The molecule has 0 spiro atoms. The Morgan fingerprint density at radius 2 is 1.88 bits per heavy atom. The molecule has 0 unspecified atom stereocenters. The SMILES string of the molecule is Nc1nc(Br)c2cccc(C(F)(F)F)c2n1. The van der Waals surface area contributed by atoms with Crippen LogP contribution in [0.5, 0.6) is 0 Å². The van der Waals surface area contributed by atoms with Crippen LogP contribution >= 0.6 is 15.9 Å². The van der Waals surface area contributed by atoms with Gasteiger partial charge in [-0.2, -0.15) is 13.2 Å². The topological polar surface area (TPSA) is 51.8 Å². The monoisotopic (exact) mass is 291 g/mol. The highest BCUT2D eigenvalue weighted by Crippen LogP contribution is 2.35. The predicted octanol–water partition coefficient (Wildman–Crippen LogP) is 2.99. The van der Waals surface area contributed by atoms with Gasteiger partial charge in [0.1, 0.15) is 4.60 Å². The van der Waals surface area contributed by atoms with Crippen molar-refractivity contribution in [3.8, 4) is 0 Å². The van der Waals surface area contributed by atoms with Crippen molar-refractivity contribution in [3.05, 3.63) is 28.4 Å². The van der Waals surface area contributed by atoms with Gasteiger partial charge < -0.3 is 5.73 Å². The molecular weight excluding hydrogens is 287 g/mol. The Bertz CT molecular complexity index is 553. The standard InChI is InChI=1S/C9H5BrF3N3/c10-7-4-2-1-3-5(9(11,12)13)6(4)15-8(14)16-7/h1-3H,(H2,14,15,16). The highest BCUT2D eigenvalue weighted by atomic mass is 79.9. The summed E-state index contributed by atoms with van der Waals surface area (Å²) in [4.78, 5) is 7.36. The summed E-state index contributed by atoms with van der Waals surface area (Å²) in [5.74, 6) is -0.198. The maximum Gasteiger partial charge on any atom is 0.418 e. The first kappa shape index (κ1) is 11.1. The summed E-state index contributed by atoms with van der Waals surface area (Å²) in [5.41, 5.74) is 4.30. The second kappa shape index (κ2) is 3.58. The van der Waals surface area contributed by atoms with Gasteiger partial charge in [-0.15, -0.1) is 0 Å². The van der Waals surface area contributed by atoms with E-state index in [0.717, 1.165) is 6.07 Å². The first-order chi connectivity index (χ1) is 7.39. The summed E-state index contributed by atoms with van der Waals surface area (Å²) < 4.78 is 38.2. The van der Waals surface area contributed by atoms with E-state index in [0.29, 0.717) is 0 Å². The molecule has 0 aliphatic heterocycles. The van der Waals surface area contributed by atoms with Crippen LogP contribution < -0.4 is 5.73 Å². The van der Waals surface area contributed by atoms with E-state index in [1.165, 1.54) is 12.1 Å². The normalized spacial score (nSPS) is 12.0. The van der Waals surface area contributed by atoms with Crippen molar-refractivity contribution >= 4 is 32.8 Å². The van der Waals surface area contributed by atoms with Crippen molar-refractivity contribution in [2.45, 2.75) is 6.18 Å². The molecule has 2 N–H and O–H groups in total. The molecule has 0 bridgehead atoms. The van der Waals surface area contributed by atoms with E-state index in [4.69, 9.17) is 5.73 Å². The molecule has 3 nitrogen and oxygen atoms in total. The largest absolute Gasteiger partial charge is 0.418 e. The van der Waals surface area contributed by atoms with E-state index in [9.17, 15) is 13.2 Å². The number of nitrogens with zero attached hydrogens (tertiary/aromatic N) is 2. The molecule has 1 heterocycles. The summed E-state index contributed by atoms with van der Waals surface area (Å²) in [6.07, 6.45) is -4.46. The lowest BCUT2D eigenvalue weighted by Gasteiger charge is -2.10. The molecule has 0 atom stereocenters. The van der Waals surface area contributed by atoms with Crippen molar-refractivity contribution in [1.29, 1.82) is 0 Å². The zero-order valence-electron chi connectivity index (χ0n) is 7.72. The van der Waals surface area contributed by atoms with Gasteiger partial charge in [0.05, 0.1) is 11.1 Å². The van der Waals surface area contributed by atoms with E-state index < -0.39 is 11.7 Å². The molecule has 84 valence electrons. The van der Waals surface area contributed by atoms with Crippen LogP contribution in [0.25, 0.3) is 10.9 Å². The zero-order chi connectivity index (χ0) is 11.9. The highest BCUT2D eigenvalue weighted by molar-refractivity contribution is 9.10. The van der Waals surface area contributed by atoms with E-state index in [1.54, 1.807) is 0 Å². The average molecular weight is 292 g/mol. The lowest BCUT2D eigenvalue weighted by Crippen LogP contribution is -2.08. The number of alkyl halides is 3. The van der Waals surface area contributed by atoms with Gasteiger partial charge in [0.15, 0.2) is 0 Å². The van der Waals surface area contributed by atoms with Gasteiger partial charge >= 0.3 is 6.18 Å². The Hall–Kier alpha value is -1.37. The summed E-state index contributed by atoms with van der Waals surface area (Å²) in [7, 11) is 0. The molecule has 0 amide bonds.